The van der Waals surface area contributed by atoms with E-state index in [9.17, 15) is 0 Å². The molecule has 11 rings (SSSR count). The van der Waals surface area contributed by atoms with Gasteiger partial charge in [-0.05, 0) is 114 Å². The number of para-hydroxylation sites is 1. The van der Waals surface area contributed by atoms with Crippen molar-refractivity contribution >= 4 is 61.1 Å². The van der Waals surface area contributed by atoms with Crippen molar-refractivity contribution in [3.8, 4) is 0 Å². The van der Waals surface area contributed by atoms with Crippen molar-refractivity contribution in [2.24, 2.45) is 0 Å². The predicted octanol–water partition coefficient (Wildman–Crippen LogP) is 14.1. The maximum absolute atomic E-state index is 2.50. The minimum absolute atomic E-state index is 0.247. The van der Waals surface area contributed by atoms with Gasteiger partial charge in [0.25, 0.3) is 0 Å². The zero-order chi connectivity index (χ0) is 36.0. The molecule has 0 saturated heterocycles. The van der Waals surface area contributed by atoms with Gasteiger partial charge in [-0.15, -0.1) is 0 Å². The van der Waals surface area contributed by atoms with Gasteiger partial charge in [-0.1, -0.05) is 165 Å². The Kier molecular flexibility index (Phi) is 6.81. The van der Waals surface area contributed by atoms with Crippen molar-refractivity contribution in [3.63, 3.8) is 0 Å². The lowest BCUT2D eigenvalue weighted by atomic mass is 9.54. The van der Waals surface area contributed by atoms with Crippen LogP contribution >= 0.6 is 11.8 Å². The Morgan fingerprint density at radius 1 is 0.333 bits per heavy atom. The molecular formula is C52H37NS. The number of nitrogens with zero attached hydrogens (tertiary/aromatic N) is 1. The van der Waals surface area contributed by atoms with Crippen molar-refractivity contribution in [1.29, 1.82) is 0 Å². The molecule has 0 atom stereocenters. The molecule has 2 heteroatoms. The van der Waals surface area contributed by atoms with Gasteiger partial charge in [-0.2, -0.15) is 0 Å². The van der Waals surface area contributed by atoms with Crippen LogP contribution in [-0.4, -0.2) is 0 Å². The van der Waals surface area contributed by atoms with E-state index in [2.05, 4.69) is 207 Å². The fourth-order valence-electron chi connectivity index (χ4n) is 9.79. The number of rotatable bonds is 3. The highest BCUT2D eigenvalue weighted by atomic mass is 32.2. The van der Waals surface area contributed by atoms with E-state index in [0.717, 1.165) is 17.1 Å². The third kappa shape index (κ3) is 4.29. The number of fused-ring (bicyclic) bond motifs is 14. The Labute approximate surface area is 320 Å². The molecule has 1 heterocycles. The average molecular weight is 708 g/mol. The lowest BCUT2D eigenvalue weighted by Crippen LogP contribution is -2.43. The van der Waals surface area contributed by atoms with Crippen molar-refractivity contribution in [2.75, 3.05) is 4.90 Å². The van der Waals surface area contributed by atoms with Crippen LogP contribution in [0, 0.1) is 0 Å². The van der Waals surface area contributed by atoms with E-state index in [-0.39, 0.29) is 5.41 Å². The van der Waals surface area contributed by atoms with Crippen LogP contribution in [0.1, 0.15) is 47.2 Å². The molecule has 9 aromatic rings. The summed E-state index contributed by atoms with van der Waals surface area (Å²) in [6.07, 6.45) is 0. The maximum Gasteiger partial charge on any atom is 0.0729 e. The number of anilines is 3. The Bertz CT molecular complexity index is 2880. The normalized spacial score (nSPS) is 14.7. The Morgan fingerprint density at radius 3 is 1.41 bits per heavy atom. The average Bonchev–Trinajstić information content (AvgIpc) is 3.23. The molecule has 1 spiro atoms. The molecule has 54 heavy (non-hydrogen) atoms. The largest absolute Gasteiger partial charge is 0.310 e. The molecule has 0 amide bonds. The third-order valence-corrected chi connectivity index (χ3v) is 13.3. The van der Waals surface area contributed by atoms with Gasteiger partial charge in [0, 0.05) is 32.3 Å². The number of benzene rings is 9. The SMILES string of the molecule is CC1(C)c2ccccc2C2(c3ccccc3Sc3ccccc32)c2ccc(N(c3ccccc3)c3ccc4c5ccccc5c5ccccc5c4c3)cc21. The molecule has 9 aromatic carbocycles. The zero-order valence-corrected chi connectivity index (χ0v) is 31.1. The molecule has 1 aliphatic carbocycles. The summed E-state index contributed by atoms with van der Waals surface area (Å²) in [4.78, 5) is 5.09. The molecule has 0 unspecified atom stereocenters. The van der Waals surface area contributed by atoms with Gasteiger partial charge in [0.05, 0.1) is 5.41 Å². The first kappa shape index (κ1) is 31.4. The molecule has 0 N–H and O–H groups in total. The summed E-state index contributed by atoms with van der Waals surface area (Å²) in [6, 6.07) is 70.2. The van der Waals surface area contributed by atoms with Gasteiger partial charge in [0.15, 0.2) is 0 Å². The van der Waals surface area contributed by atoms with Crippen LogP contribution in [-0.2, 0) is 10.8 Å². The van der Waals surface area contributed by atoms with Crippen molar-refractivity contribution < 1.29 is 0 Å². The van der Waals surface area contributed by atoms with Crippen LogP contribution in [0.2, 0.25) is 0 Å². The van der Waals surface area contributed by atoms with Crippen LogP contribution in [0.15, 0.2) is 198 Å². The van der Waals surface area contributed by atoms with Gasteiger partial charge < -0.3 is 4.90 Å². The maximum atomic E-state index is 2.50. The minimum Gasteiger partial charge on any atom is -0.310 e. The van der Waals surface area contributed by atoms with Gasteiger partial charge in [0.1, 0.15) is 0 Å². The highest BCUT2D eigenvalue weighted by molar-refractivity contribution is 7.99. The van der Waals surface area contributed by atoms with Gasteiger partial charge >= 0.3 is 0 Å². The van der Waals surface area contributed by atoms with Crippen molar-refractivity contribution in [2.45, 2.75) is 34.5 Å². The van der Waals surface area contributed by atoms with Gasteiger partial charge in [-0.3, -0.25) is 0 Å². The van der Waals surface area contributed by atoms with Gasteiger partial charge in [0.2, 0.25) is 0 Å². The molecule has 256 valence electrons. The lowest BCUT2D eigenvalue weighted by Gasteiger charge is -2.50. The molecule has 1 aliphatic heterocycles. The van der Waals surface area contributed by atoms with Crippen LogP contribution in [0.3, 0.4) is 0 Å². The molecule has 0 bridgehead atoms. The molecule has 2 aliphatic rings. The summed E-state index contributed by atoms with van der Waals surface area (Å²) in [6.45, 7) is 4.83. The smallest absolute Gasteiger partial charge is 0.0729 e. The summed E-state index contributed by atoms with van der Waals surface area (Å²) in [5.74, 6) is 0. The fraction of sp³-hybridized carbons (Fsp3) is 0.0769. The predicted molar refractivity (Wildman–Crippen MR) is 228 cm³/mol. The zero-order valence-electron chi connectivity index (χ0n) is 30.3. The van der Waals surface area contributed by atoms with E-state index in [1.54, 1.807) is 0 Å². The first-order valence-electron chi connectivity index (χ1n) is 18.9. The van der Waals surface area contributed by atoms with E-state index in [1.807, 2.05) is 11.8 Å². The molecule has 0 saturated carbocycles. The lowest BCUT2D eigenvalue weighted by molar-refractivity contribution is 0.549. The quantitative estimate of drug-likeness (QED) is 0.168. The summed E-state index contributed by atoms with van der Waals surface area (Å²) in [5, 5.41) is 7.69. The van der Waals surface area contributed by atoms with E-state index in [4.69, 9.17) is 0 Å². The molecule has 0 fully saturated rings. The molecule has 1 nitrogen and oxygen atoms in total. The standard InChI is InChI=1S/C52H37NS/c1-51(2)43-22-10-11-23-44(43)52(46-24-12-14-26-49(46)54-50-27-15-13-25-47(50)52)45-31-29-36(33-48(45)51)53(34-16-4-3-5-17-34)35-28-30-41-39-20-7-6-18-37(39)38-19-8-9-21-40(38)42(41)32-35/h3-33H,1-2H3. The van der Waals surface area contributed by atoms with Crippen molar-refractivity contribution in [3.05, 3.63) is 221 Å². The molecule has 0 radical (unpaired) electrons. The summed E-state index contributed by atoms with van der Waals surface area (Å²) in [5.41, 5.74) is 10.9. The first-order chi connectivity index (χ1) is 26.5. The van der Waals surface area contributed by atoms with E-state index < -0.39 is 5.41 Å². The highest BCUT2D eigenvalue weighted by Crippen LogP contribution is 2.62. The summed E-state index contributed by atoms with van der Waals surface area (Å²) >= 11 is 1.90. The number of hydrogen-bond acceptors (Lipinski definition) is 2. The van der Waals surface area contributed by atoms with E-state index in [0.29, 0.717) is 0 Å². The second-order valence-corrected chi connectivity index (χ2v) is 16.3. The summed E-state index contributed by atoms with van der Waals surface area (Å²) < 4.78 is 0. The third-order valence-electron chi connectivity index (χ3n) is 12.1. The molecular weight excluding hydrogens is 671 g/mol. The van der Waals surface area contributed by atoms with Crippen LogP contribution in [0.5, 0.6) is 0 Å². The Hall–Kier alpha value is -6.09. The monoisotopic (exact) mass is 707 g/mol. The fourth-order valence-corrected chi connectivity index (χ4v) is 11.0. The second kappa shape index (κ2) is 11.7. The van der Waals surface area contributed by atoms with Gasteiger partial charge in [-0.25, -0.2) is 0 Å². The minimum atomic E-state index is -0.446. The van der Waals surface area contributed by atoms with E-state index in [1.165, 1.54) is 75.5 Å². The highest BCUT2D eigenvalue weighted by Gasteiger charge is 2.52. The Morgan fingerprint density at radius 2 is 0.778 bits per heavy atom. The topological polar surface area (TPSA) is 3.24 Å². The van der Waals surface area contributed by atoms with E-state index >= 15 is 0 Å². The summed E-state index contributed by atoms with van der Waals surface area (Å²) in [7, 11) is 0. The molecule has 0 aromatic heterocycles. The van der Waals surface area contributed by atoms with Crippen molar-refractivity contribution in [1.82, 2.24) is 0 Å². The van der Waals surface area contributed by atoms with Crippen LogP contribution in [0.4, 0.5) is 17.1 Å². The second-order valence-electron chi connectivity index (χ2n) is 15.2. The first-order valence-corrected chi connectivity index (χ1v) is 19.7. The Balaban J connectivity index is 1.20. The van der Waals surface area contributed by atoms with Crippen LogP contribution in [0.25, 0.3) is 32.3 Å². The number of hydrogen-bond donors (Lipinski definition) is 0. The van der Waals surface area contributed by atoms with Crippen LogP contribution < -0.4 is 4.90 Å².